The highest BCUT2D eigenvalue weighted by Gasteiger charge is 2.18. The Labute approximate surface area is 115 Å². The normalized spacial score (nSPS) is 12.8. The van der Waals surface area contributed by atoms with Crippen molar-refractivity contribution in [1.29, 1.82) is 0 Å². The van der Waals surface area contributed by atoms with Crippen molar-refractivity contribution in [2.75, 3.05) is 6.54 Å². The Morgan fingerprint density at radius 3 is 2.70 bits per heavy atom. The lowest BCUT2D eigenvalue weighted by atomic mass is 10.1. The molecule has 0 fully saturated rings. The van der Waals surface area contributed by atoms with Crippen LogP contribution in [-0.2, 0) is 14.8 Å². The van der Waals surface area contributed by atoms with Crippen molar-refractivity contribution in [3.05, 3.63) is 34.4 Å². The van der Waals surface area contributed by atoms with Crippen LogP contribution in [0.2, 0.25) is 0 Å². The van der Waals surface area contributed by atoms with Crippen LogP contribution in [0.5, 0.6) is 0 Å². The molecule has 0 bridgehead atoms. The maximum atomic E-state index is 11.9. The molecule has 0 saturated heterocycles. The van der Waals surface area contributed by atoms with Gasteiger partial charge in [-0.2, -0.15) is 0 Å². The number of hydrogen-bond acceptors (Lipinski definition) is 5. The van der Waals surface area contributed by atoms with Crippen molar-refractivity contribution in [3.63, 3.8) is 0 Å². The van der Waals surface area contributed by atoms with Crippen LogP contribution in [0.1, 0.15) is 13.3 Å². The van der Waals surface area contributed by atoms with Crippen LogP contribution in [0.15, 0.2) is 29.2 Å². The average molecular weight is 302 g/mol. The second-order valence-corrected chi connectivity index (χ2v) is 5.95. The number of rotatable bonds is 7. The molecule has 0 aliphatic carbocycles. The van der Waals surface area contributed by atoms with Crippen molar-refractivity contribution in [1.82, 2.24) is 4.72 Å². The fraction of sp³-hybridized carbons (Fsp3) is 0.364. The molecule has 0 aliphatic rings. The standard InChI is InChI=1S/C11H14N2O6S/c1-8(11(14)15)5-6-12-20(18,19)10-4-2-3-9(7-10)13(16)17/h2-4,7-8,12H,5-6H2,1H3,(H,14,15). The molecule has 0 aromatic heterocycles. The number of benzene rings is 1. The summed E-state index contributed by atoms with van der Waals surface area (Å²) in [6.07, 6.45) is 0.128. The maximum Gasteiger partial charge on any atom is 0.306 e. The van der Waals surface area contributed by atoms with Gasteiger partial charge in [0.05, 0.1) is 15.7 Å². The van der Waals surface area contributed by atoms with Gasteiger partial charge in [-0.3, -0.25) is 14.9 Å². The first kappa shape index (κ1) is 16.1. The van der Waals surface area contributed by atoms with Crippen molar-refractivity contribution in [3.8, 4) is 0 Å². The zero-order chi connectivity index (χ0) is 15.3. The molecule has 0 heterocycles. The van der Waals surface area contributed by atoms with Gasteiger partial charge in [-0.05, 0) is 12.5 Å². The number of nitro groups is 1. The highest BCUT2D eigenvalue weighted by atomic mass is 32.2. The minimum absolute atomic E-state index is 0.0571. The van der Waals surface area contributed by atoms with Crippen molar-refractivity contribution in [2.24, 2.45) is 5.92 Å². The summed E-state index contributed by atoms with van der Waals surface area (Å²) in [5.41, 5.74) is -0.327. The third-order valence-corrected chi connectivity index (χ3v) is 4.09. The van der Waals surface area contributed by atoms with Gasteiger partial charge in [0.2, 0.25) is 10.0 Å². The summed E-state index contributed by atoms with van der Waals surface area (Å²) in [6, 6.07) is 4.64. The molecule has 1 aromatic rings. The van der Waals surface area contributed by atoms with Gasteiger partial charge in [-0.1, -0.05) is 13.0 Å². The molecule has 9 heteroatoms. The van der Waals surface area contributed by atoms with Crippen LogP contribution in [-0.4, -0.2) is 31.0 Å². The Morgan fingerprint density at radius 1 is 1.50 bits per heavy atom. The number of carbonyl (C=O) groups is 1. The molecule has 110 valence electrons. The zero-order valence-corrected chi connectivity index (χ0v) is 11.5. The predicted molar refractivity (Wildman–Crippen MR) is 69.7 cm³/mol. The SMILES string of the molecule is CC(CCNS(=O)(=O)c1cccc([N+](=O)[O-])c1)C(=O)O. The number of hydrogen-bond donors (Lipinski definition) is 2. The fourth-order valence-electron chi connectivity index (χ4n) is 1.38. The molecule has 1 aromatic carbocycles. The van der Waals surface area contributed by atoms with E-state index in [1.54, 1.807) is 0 Å². The summed E-state index contributed by atoms with van der Waals surface area (Å²) in [5.74, 6) is -1.69. The van der Waals surface area contributed by atoms with Crippen LogP contribution in [0, 0.1) is 16.0 Å². The topological polar surface area (TPSA) is 127 Å². The second kappa shape index (κ2) is 6.44. The van der Waals surface area contributed by atoms with E-state index in [0.717, 1.165) is 6.07 Å². The minimum Gasteiger partial charge on any atom is -0.481 e. The lowest BCUT2D eigenvalue weighted by Crippen LogP contribution is -2.27. The highest BCUT2D eigenvalue weighted by Crippen LogP contribution is 2.17. The number of nitrogens with one attached hydrogen (secondary N) is 1. The van der Waals surface area contributed by atoms with Crippen molar-refractivity contribution in [2.45, 2.75) is 18.2 Å². The summed E-state index contributed by atoms with van der Waals surface area (Å²) in [5, 5.41) is 19.3. The average Bonchev–Trinajstić information content (AvgIpc) is 2.38. The van der Waals surface area contributed by atoms with Crippen LogP contribution >= 0.6 is 0 Å². The highest BCUT2D eigenvalue weighted by molar-refractivity contribution is 7.89. The smallest absolute Gasteiger partial charge is 0.306 e. The molecule has 2 N–H and O–H groups in total. The molecule has 20 heavy (non-hydrogen) atoms. The monoisotopic (exact) mass is 302 g/mol. The largest absolute Gasteiger partial charge is 0.481 e. The molecular formula is C11H14N2O6S. The number of sulfonamides is 1. The molecule has 1 unspecified atom stereocenters. The molecule has 0 spiro atoms. The first-order chi connectivity index (χ1) is 9.24. The van der Waals surface area contributed by atoms with Gasteiger partial charge < -0.3 is 5.11 Å². The molecule has 8 nitrogen and oxygen atoms in total. The minimum atomic E-state index is -3.89. The van der Waals surface area contributed by atoms with Gasteiger partial charge in [0, 0.05) is 18.7 Å². The van der Waals surface area contributed by atoms with E-state index in [2.05, 4.69) is 4.72 Å². The molecule has 0 amide bonds. The van der Waals surface area contributed by atoms with E-state index in [1.165, 1.54) is 25.1 Å². The van der Waals surface area contributed by atoms with E-state index >= 15 is 0 Å². The van der Waals surface area contributed by atoms with E-state index in [4.69, 9.17) is 5.11 Å². The van der Waals surface area contributed by atoms with Gasteiger partial charge in [0.15, 0.2) is 0 Å². The Bertz CT molecular complexity index is 613. The molecule has 1 rings (SSSR count). The van der Waals surface area contributed by atoms with Crippen LogP contribution in [0.4, 0.5) is 5.69 Å². The number of nitrogens with zero attached hydrogens (tertiary/aromatic N) is 1. The van der Waals surface area contributed by atoms with Crippen molar-refractivity contribution >= 4 is 21.7 Å². The predicted octanol–water partition coefficient (Wildman–Crippen LogP) is 0.984. The van der Waals surface area contributed by atoms with Gasteiger partial charge >= 0.3 is 5.97 Å². The fourth-order valence-corrected chi connectivity index (χ4v) is 2.47. The molecule has 0 aliphatic heterocycles. The summed E-state index contributed by atoms with van der Waals surface area (Å²) < 4.78 is 26.0. The number of carboxylic acids is 1. The summed E-state index contributed by atoms with van der Waals surface area (Å²) >= 11 is 0. The number of non-ortho nitro benzene ring substituents is 1. The third kappa shape index (κ3) is 4.28. The maximum absolute atomic E-state index is 11.9. The van der Waals surface area contributed by atoms with E-state index in [1.807, 2.05) is 0 Å². The Kier molecular flexibility index (Phi) is 5.17. The Balaban J connectivity index is 2.76. The van der Waals surface area contributed by atoms with Gasteiger partial charge in [-0.15, -0.1) is 0 Å². The van der Waals surface area contributed by atoms with E-state index in [-0.39, 0.29) is 23.5 Å². The lowest BCUT2D eigenvalue weighted by molar-refractivity contribution is -0.385. The zero-order valence-electron chi connectivity index (χ0n) is 10.6. The van der Waals surface area contributed by atoms with Crippen LogP contribution in [0.25, 0.3) is 0 Å². The lowest BCUT2D eigenvalue weighted by Gasteiger charge is -2.08. The second-order valence-electron chi connectivity index (χ2n) is 4.18. The first-order valence-corrected chi connectivity index (χ1v) is 7.19. The molecule has 1 atom stereocenters. The molecular weight excluding hydrogens is 288 g/mol. The first-order valence-electron chi connectivity index (χ1n) is 5.71. The Hall–Kier alpha value is -2.00. The van der Waals surface area contributed by atoms with Gasteiger partial charge in [0.1, 0.15) is 0 Å². The number of nitro benzene ring substituents is 1. The van der Waals surface area contributed by atoms with E-state index < -0.39 is 26.8 Å². The van der Waals surface area contributed by atoms with Crippen LogP contribution in [0.3, 0.4) is 0 Å². The molecule has 0 radical (unpaired) electrons. The third-order valence-electron chi connectivity index (χ3n) is 2.63. The quantitative estimate of drug-likeness (QED) is 0.571. The summed E-state index contributed by atoms with van der Waals surface area (Å²) in [6.45, 7) is 1.41. The van der Waals surface area contributed by atoms with E-state index in [0.29, 0.717) is 0 Å². The summed E-state index contributed by atoms with van der Waals surface area (Å²) in [4.78, 5) is 20.3. The Morgan fingerprint density at radius 2 is 2.15 bits per heavy atom. The van der Waals surface area contributed by atoms with Gasteiger partial charge in [-0.25, -0.2) is 13.1 Å². The van der Waals surface area contributed by atoms with Crippen molar-refractivity contribution < 1.29 is 23.2 Å². The molecule has 0 saturated carbocycles. The number of aliphatic carboxylic acids is 1. The van der Waals surface area contributed by atoms with E-state index in [9.17, 15) is 23.3 Å². The van der Waals surface area contributed by atoms with Gasteiger partial charge in [0.25, 0.3) is 5.69 Å². The summed E-state index contributed by atoms with van der Waals surface area (Å²) in [7, 11) is -3.89. The number of carboxylic acid groups (broad SMARTS) is 1. The van der Waals surface area contributed by atoms with Crippen LogP contribution < -0.4 is 4.72 Å².